The van der Waals surface area contributed by atoms with Gasteiger partial charge in [-0.05, 0) is 45.0 Å². The maximum Gasteiger partial charge on any atom is 0.0589 e. The first-order chi connectivity index (χ1) is 8.08. The molecule has 0 amide bonds. The van der Waals surface area contributed by atoms with Crippen molar-refractivity contribution in [3.63, 3.8) is 0 Å². The van der Waals surface area contributed by atoms with Gasteiger partial charge in [-0.15, -0.1) is 0 Å². The van der Waals surface area contributed by atoms with Crippen molar-refractivity contribution in [2.75, 3.05) is 24.6 Å². The highest BCUT2D eigenvalue weighted by molar-refractivity contribution is 6.31. The molecule has 1 saturated carbocycles. The molecule has 0 radical (unpaired) electrons. The van der Waals surface area contributed by atoms with Crippen LogP contribution >= 0.6 is 11.6 Å². The van der Waals surface area contributed by atoms with Gasteiger partial charge in [-0.1, -0.05) is 11.6 Å². The third kappa shape index (κ3) is 3.27. The predicted molar refractivity (Wildman–Crippen MR) is 74.6 cm³/mol. The number of likely N-dealkylation sites (N-methyl/N-ethyl adjacent to an activating group) is 1. The zero-order valence-electron chi connectivity index (χ0n) is 10.4. The van der Waals surface area contributed by atoms with Gasteiger partial charge in [0.1, 0.15) is 0 Å². The van der Waals surface area contributed by atoms with E-state index in [0.29, 0.717) is 11.1 Å². The average molecular weight is 254 g/mol. The highest BCUT2D eigenvalue weighted by atomic mass is 35.5. The Morgan fingerprint density at radius 1 is 1.53 bits per heavy atom. The second kappa shape index (κ2) is 5.15. The first kappa shape index (κ1) is 12.5. The molecule has 3 nitrogen and oxygen atoms in total. The van der Waals surface area contributed by atoms with E-state index in [1.807, 2.05) is 18.2 Å². The Morgan fingerprint density at radius 2 is 2.24 bits per heavy atom. The van der Waals surface area contributed by atoms with Crippen LogP contribution in [-0.4, -0.2) is 30.6 Å². The molecule has 0 aliphatic heterocycles. The number of hydrogen-bond acceptors (Lipinski definition) is 3. The normalized spacial score (nSPS) is 17.2. The van der Waals surface area contributed by atoms with Gasteiger partial charge in [0.25, 0.3) is 0 Å². The predicted octanol–water partition coefficient (Wildman–Crippen LogP) is 2.82. The Hall–Kier alpha value is -0.930. The van der Waals surface area contributed by atoms with Gasteiger partial charge < -0.3 is 11.1 Å². The summed E-state index contributed by atoms with van der Waals surface area (Å²) in [5.41, 5.74) is 7.56. The lowest BCUT2D eigenvalue weighted by Crippen LogP contribution is -2.36. The molecule has 0 bridgehead atoms. The smallest absolute Gasteiger partial charge is 0.0589 e. The molecule has 1 aromatic carbocycles. The van der Waals surface area contributed by atoms with Crippen LogP contribution in [0.3, 0.4) is 0 Å². The van der Waals surface area contributed by atoms with E-state index in [-0.39, 0.29) is 0 Å². The maximum absolute atomic E-state index is 5.95. The second-order valence-electron chi connectivity index (χ2n) is 4.86. The van der Waals surface area contributed by atoms with E-state index in [1.54, 1.807) is 0 Å². The number of anilines is 2. The average Bonchev–Trinajstić information content (AvgIpc) is 3.13. The fourth-order valence-electron chi connectivity index (χ4n) is 1.92. The van der Waals surface area contributed by atoms with E-state index in [4.69, 9.17) is 17.3 Å². The minimum atomic E-state index is 0.501. The molecule has 94 valence electrons. The monoisotopic (exact) mass is 253 g/mol. The van der Waals surface area contributed by atoms with Crippen molar-refractivity contribution in [3.8, 4) is 0 Å². The quantitative estimate of drug-likeness (QED) is 0.793. The van der Waals surface area contributed by atoms with Crippen LogP contribution in [0, 0.1) is 0 Å². The summed E-state index contributed by atoms with van der Waals surface area (Å²) in [4.78, 5) is 2.42. The van der Waals surface area contributed by atoms with E-state index in [1.165, 1.54) is 12.8 Å². The summed E-state index contributed by atoms with van der Waals surface area (Å²) in [6, 6.07) is 6.80. The first-order valence-electron chi connectivity index (χ1n) is 6.08. The number of rotatable bonds is 5. The summed E-state index contributed by atoms with van der Waals surface area (Å²) in [7, 11) is 2.19. The summed E-state index contributed by atoms with van der Waals surface area (Å²) in [6.07, 6.45) is 2.67. The van der Waals surface area contributed by atoms with Gasteiger partial charge in [-0.25, -0.2) is 0 Å². The molecule has 1 aliphatic carbocycles. The zero-order chi connectivity index (χ0) is 12.4. The number of hydrogen-bond donors (Lipinski definition) is 2. The molecule has 1 fully saturated rings. The Kier molecular flexibility index (Phi) is 3.79. The van der Waals surface area contributed by atoms with Crippen LogP contribution in [0.1, 0.15) is 19.8 Å². The Morgan fingerprint density at radius 3 is 2.88 bits per heavy atom. The van der Waals surface area contributed by atoms with E-state index < -0.39 is 0 Å². The molecule has 0 aromatic heterocycles. The highest BCUT2D eigenvalue weighted by Crippen LogP contribution is 2.27. The van der Waals surface area contributed by atoms with E-state index in [9.17, 15) is 0 Å². The van der Waals surface area contributed by atoms with Gasteiger partial charge in [0.15, 0.2) is 0 Å². The summed E-state index contributed by atoms with van der Waals surface area (Å²) < 4.78 is 0. The van der Waals surface area contributed by atoms with Crippen LogP contribution in [0.2, 0.25) is 5.02 Å². The largest absolute Gasteiger partial charge is 0.397 e. The molecule has 1 atom stereocenters. The van der Waals surface area contributed by atoms with Crippen molar-refractivity contribution in [3.05, 3.63) is 23.2 Å². The molecule has 0 heterocycles. The molecular weight excluding hydrogens is 234 g/mol. The van der Waals surface area contributed by atoms with Crippen molar-refractivity contribution in [2.45, 2.75) is 31.8 Å². The van der Waals surface area contributed by atoms with Crippen molar-refractivity contribution in [2.24, 2.45) is 0 Å². The van der Waals surface area contributed by atoms with Crippen molar-refractivity contribution < 1.29 is 0 Å². The van der Waals surface area contributed by atoms with Gasteiger partial charge in [0.2, 0.25) is 0 Å². The minimum Gasteiger partial charge on any atom is -0.397 e. The fraction of sp³-hybridized carbons (Fsp3) is 0.538. The van der Waals surface area contributed by atoms with E-state index in [0.717, 1.165) is 24.0 Å². The number of nitrogens with one attached hydrogen (secondary N) is 1. The summed E-state index contributed by atoms with van der Waals surface area (Å²) in [6.45, 7) is 3.11. The molecule has 1 unspecified atom stereocenters. The summed E-state index contributed by atoms with van der Waals surface area (Å²) in [5.74, 6) is 0. The van der Waals surface area contributed by atoms with Gasteiger partial charge in [0.05, 0.1) is 11.4 Å². The minimum absolute atomic E-state index is 0.501. The van der Waals surface area contributed by atoms with Crippen LogP contribution in [0.15, 0.2) is 18.2 Å². The Balaban J connectivity index is 1.90. The second-order valence-corrected chi connectivity index (χ2v) is 5.29. The van der Waals surface area contributed by atoms with Crippen LogP contribution in [0.5, 0.6) is 0 Å². The fourth-order valence-corrected chi connectivity index (χ4v) is 2.10. The topological polar surface area (TPSA) is 41.3 Å². The standard InChI is InChI=1S/C13H20ClN3/c1-9(17(2)11-4-5-11)8-16-13-7-10(14)3-6-12(13)15/h3,6-7,9,11,16H,4-5,8,15H2,1-2H3. The lowest BCUT2D eigenvalue weighted by Gasteiger charge is -2.25. The van der Waals surface area contributed by atoms with E-state index in [2.05, 4.69) is 24.2 Å². The molecule has 0 spiro atoms. The number of halogens is 1. The van der Waals surface area contributed by atoms with Gasteiger partial charge >= 0.3 is 0 Å². The number of nitrogens with zero attached hydrogens (tertiary/aromatic N) is 1. The molecule has 17 heavy (non-hydrogen) atoms. The number of nitrogens with two attached hydrogens (primary N) is 1. The lowest BCUT2D eigenvalue weighted by atomic mass is 10.2. The zero-order valence-corrected chi connectivity index (χ0v) is 11.2. The van der Waals surface area contributed by atoms with Gasteiger partial charge in [0, 0.05) is 23.7 Å². The van der Waals surface area contributed by atoms with Gasteiger partial charge in [-0.2, -0.15) is 0 Å². The van der Waals surface area contributed by atoms with Gasteiger partial charge in [-0.3, -0.25) is 4.90 Å². The summed E-state index contributed by atoms with van der Waals surface area (Å²) in [5, 5.41) is 4.08. The molecule has 1 aromatic rings. The molecule has 4 heteroatoms. The molecule has 0 saturated heterocycles. The lowest BCUT2D eigenvalue weighted by molar-refractivity contribution is 0.257. The first-order valence-corrected chi connectivity index (χ1v) is 6.46. The highest BCUT2D eigenvalue weighted by Gasteiger charge is 2.28. The summed E-state index contributed by atoms with van der Waals surface area (Å²) >= 11 is 5.95. The molecule has 1 aliphatic rings. The van der Waals surface area contributed by atoms with Crippen LogP contribution in [0.4, 0.5) is 11.4 Å². The Bertz CT molecular complexity index is 390. The SMILES string of the molecule is CC(CNc1cc(Cl)ccc1N)N(C)C1CC1. The molecular formula is C13H20ClN3. The maximum atomic E-state index is 5.95. The third-order valence-corrected chi connectivity index (χ3v) is 3.66. The van der Waals surface area contributed by atoms with Crippen molar-refractivity contribution >= 4 is 23.0 Å². The number of nitrogen functional groups attached to an aromatic ring is 1. The van der Waals surface area contributed by atoms with Crippen molar-refractivity contribution in [1.29, 1.82) is 0 Å². The molecule has 2 rings (SSSR count). The van der Waals surface area contributed by atoms with Crippen molar-refractivity contribution in [1.82, 2.24) is 4.90 Å². The van der Waals surface area contributed by atoms with Crippen LogP contribution in [-0.2, 0) is 0 Å². The van der Waals surface area contributed by atoms with Crippen LogP contribution in [0.25, 0.3) is 0 Å². The third-order valence-electron chi connectivity index (χ3n) is 3.42. The van der Waals surface area contributed by atoms with E-state index >= 15 is 0 Å². The number of benzene rings is 1. The molecule has 3 N–H and O–H groups in total. The Labute approximate surface area is 108 Å². The van der Waals surface area contributed by atoms with Crippen LogP contribution < -0.4 is 11.1 Å².